The zero-order valence-corrected chi connectivity index (χ0v) is 18.6. The number of aryl methyl sites for hydroxylation is 1. The van der Waals surface area contributed by atoms with Crippen molar-refractivity contribution in [2.24, 2.45) is 0 Å². The molecular formula is C22H15N5O4S2. The van der Waals surface area contributed by atoms with Crippen molar-refractivity contribution in [2.75, 3.05) is 5.32 Å². The summed E-state index contributed by atoms with van der Waals surface area (Å²) < 4.78 is 1.17. The standard InChI is InChI=1S/C22H15N5O4S2/c23-8-13-12-2-1-3-15(12)33-19(13)25-16(28)9-27-18(11-4-6-24-7-5-11)26-20-17(21(27)29)14(10-32-20)22(30)31/h4-7,10H,1-3,9H2,(H,25,28)(H,30,31). The largest absolute Gasteiger partial charge is 0.478 e. The second-order valence-corrected chi connectivity index (χ2v) is 9.38. The number of carboxylic acid groups (broad SMARTS) is 1. The van der Waals surface area contributed by atoms with Crippen LogP contribution in [0.5, 0.6) is 0 Å². The van der Waals surface area contributed by atoms with Gasteiger partial charge in [-0.25, -0.2) is 9.78 Å². The fraction of sp³-hybridized carbons (Fsp3) is 0.182. The van der Waals surface area contributed by atoms with Crippen molar-refractivity contribution in [2.45, 2.75) is 25.8 Å². The lowest BCUT2D eigenvalue weighted by atomic mass is 10.1. The van der Waals surface area contributed by atoms with E-state index in [0.717, 1.165) is 41.0 Å². The molecule has 1 amide bonds. The number of thiophene rings is 2. The van der Waals surface area contributed by atoms with E-state index in [4.69, 9.17) is 0 Å². The zero-order chi connectivity index (χ0) is 23.1. The molecule has 4 heterocycles. The van der Waals surface area contributed by atoms with Crippen molar-refractivity contribution in [3.8, 4) is 17.5 Å². The quantitative estimate of drug-likeness (QED) is 0.450. The van der Waals surface area contributed by atoms with Crippen LogP contribution in [0.25, 0.3) is 21.6 Å². The van der Waals surface area contributed by atoms with Crippen LogP contribution in [0.1, 0.15) is 32.8 Å². The molecule has 0 aromatic carbocycles. The van der Waals surface area contributed by atoms with E-state index in [1.807, 2.05) is 0 Å². The van der Waals surface area contributed by atoms with E-state index in [1.165, 1.54) is 21.3 Å². The van der Waals surface area contributed by atoms with Gasteiger partial charge in [-0.1, -0.05) is 0 Å². The van der Waals surface area contributed by atoms with Crippen molar-refractivity contribution in [1.82, 2.24) is 14.5 Å². The van der Waals surface area contributed by atoms with Crippen molar-refractivity contribution in [1.29, 1.82) is 5.26 Å². The minimum atomic E-state index is -1.24. The van der Waals surface area contributed by atoms with Gasteiger partial charge in [-0.3, -0.25) is 19.1 Å². The number of carbonyl (C=O) groups is 2. The number of amides is 1. The van der Waals surface area contributed by atoms with Gasteiger partial charge in [-0.15, -0.1) is 22.7 Å². The first kappa shape index (κ1) is 21.0. The lowest BCUT2D eigenvalue weighted by Crippen LogP contribution is -2.30. The Labute approximate surface area is 194 Å². The third kappa shape index (κ3) is 3.59. The van der Waals surface area contributed by atoms with Gasteiger partial charge >= 0.3 is 5.97 Å². The number of aromatic nitrogens is 3. The lowest BCUT2D eigenvalue weighted by molar-refractivity contribution is -0.116. The number of rotatable bonds is 5. The molecule has 164 valence electrons. The molecule has 0 saturated heterocycles. The van der Waals surface area contributed by atoms with Gasteiger partial charge in [-0.2, -0.15) is 5.26 Å². The molecule has 4 aromatic heterocycles. The molecule has 9 nitrogen and oxygen atoms in total. The highest BCUT2D eigenvalue weighted by Crippen LogP contribution is 2.38. The summed E-state index contributed by atoms with van der Waals surface area (Å²) >= 11 is 2.44. The van der Waals surface area contributed by atoms with Crippen LogP contribution in [0.3, 0.4) is 0 Å². The number of carbonyl (C=O) groups excluding carboxylic acids is 1. The predicted octanol–water partition coefficient (Wildman–Crippen LogP) is 3.28. The highest BCUT2D eigenvalue weighted by Gasteiger charge is 2.25. The first-order valence-corrected chi connectivity index (χ1v) is 11.7. The number of nitriles is 1. The minimum Gasteiger partial charge on any atom is -0.478 e. The van der Waals surface area contributed by atoms with Crippen molar-refractivity contribution >= 4 is 49.8 Å². The van der Waals surface area contributed by atoms with Gasteiger partial charge in [0.1, 0.15) is 28.3 Å². The summed E-state index contributed by atoms with van der Waals surface area (Å²) in [7, 11) is 0. The molecule has 0 saturated carbocycles. The molecule has 4 aromatic rings. The van der Waals surface area contributed by atoms with Crippen LogP contribution >= 0.6 is 22.7 Å². The molecule has 0 aliphatic heterocycles. The second kappa shape index (κ2) is 8.23. The second-order valence-electron chi connectivity index (χ2n) is 7.42. The van der Waals surface area contributed by atoms with E-state index in [-0.39, 0.29) is 28.1 Å². The summed E-state index contributed by atoms with van der Waals surface area (Å²) in [6.45, 7) is -0.387. The number of anilines is 1. The van der Waals surface area contributed by atoms with E-state index in [2.05, 4.69) is 21.4 Å². The summed E-state index contributed by atoms with van der Waals surface area (Å²) in [5, 5.41) is 23.6. The van der Waals surface area contributed by atoms with Crippen LogP contribution in [0.4, 0.5) is 5.00 Å². The number of fused-ring (bicyclic) bond motifs is 2. The molecule has 11 heteroatoms. The SMILES string of the molecule is N#Cc1c(NC(=O)Cn2c(-c3ccncc3)nc3scc(C(=O)O)c3c2=O)sc2c1CCC2. The van der Waals surface area contributed by atoms with E-state index >= 15 is 0 Å². The van der Waals surface area contributed by atoms with Gasteiger partial charge in [-0.05, 0) is 37.0 Å². The Balaban J connectivity index is 1.58. The summed E-state index contributed by atoms with van der Waals surface area (Å²) in [5.41, 5.74) is 1.26. The Morgan fingerprint density at radius 2 is 2.06 bits per heavy atom. The molecule has 33 heavy (non-hydrogen) atoms. The summed E-state index contributed by atoms with van der Waals surface area (Å²) in [6, 6.07) is 5.49. The Morgan fingerprint density at radius 1 is 1.27 bits per heavy atom. The third-order valence-corrected chi connectivity index (χ3v) is 7.53. The number of nitrogens with one attached hydrogen (secondary N) is 1. The molecule has 0 bridgehead atoms. The number of pyridine rings is 1. The van der Waals surface area contributed by atoms with Crippen LogP contribution in [-0.2, 0) is 24.2 Å². The van der Waals surface area contributed by atoms with E-state index < -0.39 is 17.4 Å². The average molecular weight is 478 g/mol. The highest BCUT2D eigenvalue weighted by atomic mass is 32.1. The topological polar surface area (TPSA) is 138 Å². The van der Waals surface area contributed by atoms with Crippen molar-refractivity contribution in [3.63, 3.8) is 0 Å². The predicted molar refractivity (Wildman–Crippen MR) is 124 cm³/mol. The molecule has 0 fully saturated rings. The fourth-order valence-corrected chi connectivity index (χ4v) is 6.13. The Morgan fingerprint density at radius 3 is 2.79 bits per heavy atom. The first-order valence-electron chi connectivity index (χ1n) is 9.98. The number of carboxylic acids is 1. The molecule has 0 radical (unpaired) electrons. The number of aromatic carboxylic acids is 1. The zero-order valence-electron chi connectivity index (χ0n) is 17.0. The van der Waals surface area contributed by atoms with Crippen molar-refractivity contribution in [3.05, 3.63) is 61.8 Å². The minimum absolute atomic E-state index is 0.0362. The number of hydrogen-bond acceptors (Lipinski definition) is 8. The highest BCUT2D eigenvalue weighted by molar-refractivity contribution is 7.17. The first-order chi connectivity index (χ1) is 16.0. The normalized spacial score (nSPS) is 12.5. The maximum atomic E-state index is 13.4. The monoisotopic (exact) mass is 477 g/mol. The molecule has 0 unspecified atom stereocenters. The van der Waals surface area contributed by atoms with Crippen LogP contribution in [0.15, 0.2) is 34.7 Å². The van der Waals surface area contributed by atoms with Crippen LogP contribution in [0.2, 0.25) is 0 Å². The van der Waals surface area contributed by atoms with Crippen molar-refractivity contribution < 1.29 is 14.7 Å². The maximum absolute atomic E-state index is 13.4. The fourth-order valence-electron chi connectivity index (χ4n) is 3.97. The van der Waals surface area contributed by atoms with E-state index in [0.29, 0.717) is 16.1 Å². The maximum Gasteiger partial charge on any atom is 0.337 e. The number of nitrogens with zero attached hydrogens (tertiary/aromatic N) is 4. The average Bonchev–Trinajstić information content (AvgIpc) is 3.50. The van der Waals surface area contributed by atoms with Crippen LogP contribution < -0.4 is 10.9 Å². The molecule has 1 aliphatic rings. The van der Waals surface area contributed by atoms with Crippen LogP contribution in [0, 0.1) is 11.3 Å². The molecular weight excluding hydrogens is 462 g/mol. The van der Waals surface area contributed by atoms with Gasteiger partial charge in [0.2, 0.25) is 5.91 Å². The Hall–Kier alpha value is -3.88. The summed E-state index contributed by atoms with van der Waals surface area (Å²) in [4.78, 5) is 47.8. The van der Waals surface area contributed by atoms with E-state index in [1.54, 1.807) is 24.5 Å². The summed E-state index contributed by atoms with van der Waals surface area (Å²) in [6.07, 6.45) is 5.77. The smallest absolute Gasteiger partial charge is 0.337 e. The Bertz CT molecular complexity index is 1530. The molecule has 0 spiro atoms. The summed E-state index contributed by atoms with van der Waals surface area (Å²) in [5.74, 6) is -1.50. The Kier molecular flexibility index (Phi) is 5.24. The number of hydrogen-bond donors (Lipinski definition) is 2. The molecule has 1 aliphatic carbocycles. The molecule has 2 N–H and O–H groups in total. The molecule has 5 rings (SSSR count). The van der Waals surface area contributed by atoms with Gasteiger partial charge in [0, 0.05) is 28.2 Å². The lowest BCUT2D eigenvalue weighted by Gasteiger charge is -2.13. The van der Waals surface area contributed by atoms with Gasteiger partial charge < -0.3 is 10.4 Å². The third-order valence-electron chi connectivity index (χ3n) is 5.45. The van der Waals surface area contributed by atoms with Gasteiger partial charge in [0.15, 0.2) is 0 Å². The van der Waals surface area contributed by atoms with Gasteiger partial charge in [0.25, 0.3) is 5.56 Å². The van der Waals surface area contributed by atoms with E-state index in [9.17, 15) is 24.8 Å². The molecule has 0 atom stereocenters. The van der Waals surface area contributed by atoms with Gasteiger partial charge in [0.05, 0.1) is 16.5 Å². The van der Waals surface area contributed by atoms with Crippen LogP contribution in [-0.4, -0.2) is 31.5 Å².